The molecule has 1 aliphatic rings. The lowest BCUT2D eigenvalue weighted by atomic mass is 10.1. The summed E-state index contributed by atoms with van der Waals surface area (Å²) in [7, 11) is 1.91. The van der Waals surface area contributed by atoms with Crippen LogP contribution < -0.4 is 5.32 Å². The lowest BCUT2D eigenvalue weighted by Crippen LogP contribution is -2.50. The molecular weight excluding hydrogens is 190 g/mol. The Hall–Kier alpha value is -0.940. The van der Waals surface area contributed by atoms with Gasteiger partial charge in [-0.15, -0.1) is 5.10 Å². The van der Waals surface area contributed by atoms with E-state index in [1.807, 2.05) is 13.2 Å². The second-order valence-electron chi connectivity index (χ2n) is 4.12. The van der Waals surface area contributed by atoms with Crippen molar-refractivity contribution >= 4 is 0 Å². The molecule has 1 aromatic rings. The Labute approximate surface area is 90.5 Å². The van der Waals surface area contributed by atoms with E-state index in [4.69, 9.17) is 0 Å². The first-order valence-corrected chi connectivity index (χ1v) is 5.59. The highest BCUT2D eigenvalue weighted by molar-refractivity contribution is 4.94. The number of nitrogens with one attached hydrogen (secondary N) is 1. The average molecular weight is 209 g/mol. The van der Waals surface area contributed by atoms with Gasteiger partial charge in [-0.1, -0.05) is 12.1 Å². The number of hydrogen-bond donors (Lipinski definition) is 1. The third-order valence-corrected chi connectivity index (χ3v) is 2.96. The summed E-state index contributed by atoms with van der Waals surface area (Å²) >= 11 is 0. The number of aryl methyl sites for hydroxylation is 1. The normalized spacial score (nSPS) is 23.2. The fourth-order valence-electron chi connectivity index (χ4n) is 2.09. The zero-order valence-corrected chi connectivity index (χ0v) is 9.48. The minimum Gasteiger partial charge on any atom is -0.314 e. The highest BCUT2D eigenvalue weighted by Crippen LogP contribution is 2.10. The lowest BCUT2D eigenvalue weighted by Gasteiger charge is -2.34. The Morgan fingerprint density at radius 1 is 1.60 bits per heavy atom. The summed E-state index contributed by atoms with van der Waals surface area (Å²) in [5.74, 6) is 0. The predicted molar refractivity (Wildman–Crippen MR) is 58.4 cm³/mol. The number of nitrogens with zero attached hydrogens (tertiary/aromatic N) is 4. The van der Waals surface area contributed by atoms with Gasteiger partial charge < -0.3 is 5.32 Å². The molecule has 15 heavy (non-hydrogen) atoms. The van der Waals surface area contributed by atoms with Crippen molar-refractivity contribution in [3.05, 3.63) is 11.9 Å². The minimum absolute atomic E-state index is 0.640. The minimum atomic E-state index is 0.640. The molecule has 84 valence electrons. The van der Waals surface area contributed by atoms with E-state index in [2.05, 4.69) is 27.5 Å². The van der Waals surface area contributed by atoms with E-state index in [1.54, 1.807) is 4.68 Å². The van der Waals surface area contributed by atoms with Gasteiger partial charge in [0.1, 0.15) is 0 Å². The maximum Gasteiger partial charge on any atom is 0.0967 e. The van der Waals surface area contributed by atoms with Crippen molar-refractivity contribution in [2.75, 3.05) is 19.6 Å². The van der Waals surface area contributed by atoms with Crippen LogP contribution in [0, 0.1) is 0 Å². The van der Waals surface area contributed by atoms with Crippen LogP contribution in [0.1, 0.15) is 19.0 Å². The monoisotopic (exact) mass is 209 g/mol. The van der Waals surface area contributed by atoms with E-state index < -0.39 is 0 Å². The molecule has 0 spiro atoms. The first-order chi connectivity index (χ1) is 7.29. The average Bonchev–Trinajstić information content (AvgIpc) is 2.65. The standard InChI is InChI=1S/C10H19N5/c1-3-10-6-11-4-5-15(10)8-9-7-14(2)13-12-9/h7,10-11H,3-6,8H2,1-2H3. The SMILES string of the molecule is CCC1CNCCN1Cc1cn(C)nn1. The zero-order valence-electron chi connectivity index (χ0n) is 9.48. The molecule has 0 amide bonds. The lowest BCUT2D eigenvalue weighted by molar-refractivity contribution is 0.147. The molecule has 2 heterocycles. The van der Waals surface area contributed by atoms with E-state index in [9.17, 15) is 0 Å². The van der Waals surface area contributed by atoms with E-state index >= 15 is 0 Å². The molecule has 0 saturated carbocycles. The molecule has 0 aromatic carbocycles. The van der Waals surface area contributed by atoms with Crippen molar-refractivity contribution < 1.29 is 0 Å². The summed E-state index contributed by atoms with van der Waals surface area (Å²) < 4.78 is 1.76. The molecule has 1 fully saturated rings. The second kappa shape index (κ2) is 4.72. The van der Waals surface area contributed by atoms with Gasteiger partial charge in [-0.25, -0.2) is 0 Å². The van der Waals surface area contributed by atoms with Crippen LogP contribution in [-0.2, 0) is 13.6 Å². The second-order valence-corrected chi connectivity index (χ2v) is 4.12. The van der Waals surface area contributed by atoms with Gasteiger partial charge in [0.15, 0.2) is 0 Å². The zero-order chi connectivity index (χ0) is 10.7. The number of rotatable bonds is 3. The Bertz CT molecular complexity index is 309. The van der Waals surface area contributed by atoms with Crippen molar-refractivity contribution in [1.29, 1.82) is 0 Å². The Kier molecular flexibility index (Phi) is 3.33. The quantitative estimate of drug-likeness (QED) is 0.761. The third-order valence-electron chi connectivity index (χ3n) is 2.96. The Morgan fingerprint density at radius 3 is 3.13 bits per heavy atom. The first-order valence-electron chi connectivity index (χ1n) is 5.59. The fraction of sp³-hybridized carbons (Fsp3) is 0.800. The molecule has 0 aliphatic carbocycles. The smallest absolute Gasteiger partial charge is 0.0967 e. The number of hydrogen-bond acceptors (Lipinski definition) is 4. The van der Waals surface area contributed by atoms with Crippen LogP contribution in [0.15, 0.2) is 6.20 Å². The molecule has 2 rings (SSSR count). The van der Waals surface area contributed by atoms with Crippen molar-refractivity contribution in [1.82, 2.24) is 25.2 Å². The molecule has 1 saturated heterocycles. The molecule has 1 aromatic heterocycles. The van der Waals surface area contributed by atoms with E-state index in [1.165, 1.54) is 6.42 Å². The third kappa shape index (κ3) is 2.54. The molecule has 5 heteroatoms. The molecule has 5 nitrogen and oxygen atoms in total. The van der Waals surface area contributed by atoms with Gasteiger partial charge in [0, 0.05) is 45.5 Å². The molecule has 1 atom stereocenters. The molecular formula is C10H19N5. The van der Waals surface area contributed by atoms with Crippen LogP contribution in [0.25, 0.3) is 0 Å². The largest absolute Gasteiger partial charge is 0.314 e. The van der Waals surface area contributed by atoms with E-state index in [0.29, 0.717) is 6.04 Å². The Balaban J connectivity index is 1.97. The predicted octanol–water partition coefficient (Wildman–Crippen LogP) is -0.00110. The first kappa shape index (κ1) is 10.6. The summed E-state index contributed by atoms with van der Waals surface area (Å²) in [6.45, 7) is 6.44. The highest BCUT2D eigenvalue weighted by atomic mass is 15.4. The number of piperazine rings is 1. The van der Waals surface area contributed by atoms with Crippen LogP contribution in [0.3, 0.4) is 0 Å². The van der Waals surface area contributed by atoms with Crippen LogP contribution >= 0.6 is 0 Å². The number of aromatic nitrogens is 3. The van der Waals surface area contributed by atoms with Crippen LogP contribution in [0.2, 0.25) is 0 Å². The summed E-state index contributed by atoms with van der Waals surface area (Å²) in [5, 5.41) is 11.5. The maximum absolute atomic E-state index is 4.13. The maximum atomic E-state index is 4.13. The molecule has 1 unspecified atom stereocenters. The van der Waals surface area contributed by atoms with Crippen molar-refractivity contribution in [2.24, 2.45) is 7.05 Å². The van der Waals surface area contributed by atoms with Crippen molar-refractivity contribution in [3.63, 3.8) is 0 Å². The van der Waals surface area contributed by atoms with Crippen LogP contribution in [-0.4, -0.2) is 45.6 Å². The molecule has 0 radical (unpaired) electrons. The molecule has 1 aliphatic heterocycles. The Morgan fingerprint density at radius 2 is 2.47 bits per heavy atom. The van der Waals surface area contributed by atoms with Crippen molar-refractivity contribution in [3.8, 4) is 0 Å². The molecule has 0 bridgehead atoms. The van der Waals surface area contributed by atoms with E-state index in [0.717, 1.165) is 31.9 Å². The summed E-state index contributed by atoms with van der Waals surface area (Å²) in [6.07, 6.45) is 3.18. The molecule has 1 N–H and O–H groups in total. The topological polar surface area (TPSA) is 46.0 Å². The van der Waals surface area contributed by atoms with Gasteiger partial charge in [-0.3, -0.25) is 9.58 Å². The van der Waals surface area contributed by atoms with Gasteiger partial charge >= 0.3 is 0 Å². The van der Waals surface area contributed by atoms with Crippen LogP contribution in [0.4, 0.5) is 0 Å². The summed E-state index contributed by atoms with van der Waals surface area (Å²) in [6, 6.07) is 0.640. The fourth-order valence-corrected chi connectivity index (χ4v) is 2.09. The van der Waals surface area contributed by atoms with Gasteiger partial charge in [0.05, 0.1) is 5.69 Å². The summed E-state index contributed by atoms with van der Waals surface area (Å²) in [4.78, 5) is 2.49. The highest BCUT2D eigenvalue weighted by Gasteiger charge is 2.21. The van der Waals surface area contributed by atoms with Gasteiger partial charge in [-0.2, -0.15) is 0 Å². The van der Waals surface area contributed by atoms with E-state index in [-0.39, 0.29) is 0 Å². The van der Waals surface area contributed by atoms with Gasteiger partial charge in [0.2, 0.25) is 0 Å². The van der Waals surface area contributed by atoms with Gasteiger partial charge in [-0.05, 0) is 6.42 Å². The van der Waals surface area contributed by atoms with Gasteiger partial charge in [0.25, 0.3) is 0 Å². The summed E-state index contributed by atoms with van der Waals surface area (Å²) in [5.41, 5.74) is 1.07. The van der Waals surface area contributed by atoms with Crippen molar-refractivity contribution in [2.45, 2.75) is 25.9 Å². The van der Waals surface area contributed by atoms with Crippen LogP contribution in [0.5, 0.6) is 0 Å².